The van der Waals surface area contributed by atoms with Crippen LogP contribution >= 0.6 is 11.6 Å². The van der Waals surface area contributed by atoms with Crippen molar-refractivity contribution >= 4 is 11.6 Å². The number of aliphatic hydroxyl groups excluding tert-OH is 1. The first-order valence-electron chi connectivity index (χ1n) is 5.87. The maximum atomic E-state index is 9.55. The lowest BCUT2D eigenvalue weighted by Crippen LogP contribution is -2.02. The third-order valence-corrected chi connectivity index (χ3v) is 2.55. The molecule has 0 heterocycles. The smallest absolute Gasteiger partial charge is 0.179 e. The highest BCUT2D eigenvalue weighted by atomic mass is 35.5. The van der Waals surface area contributed by atoms with Gasteiger partial charge in [0.05, 0.1) is 24.3 Å². The summed E-state index contributed by atoms with van der Waals surface area (Å²) >= 11 is 6.13. The zero-order valence-electron chi connectivity index (χ0n) is 10.5. The minimum Gasteiger partial charge on any atom is -0.490 e. The molecule has 0 saturated carbocycles. The van der Waals surface area contributed by atoms with Gasteiger partial charge in [0, 0.05) is 0 Å². The van der Waals surface area contributed by atoms with Gasteiger partial charge in [0.2, 0.25) is 0 Å². The summed E-state index contributed by atoms with van der Waals surface area (Å²) < 4.78 is 11.1. The molecule has 0 aliphatic heterocycles. The second-order valence-electron chi connectivity index (χ2n) is 3.79. The molecule has 0 aromatic heterocycles. The number of benzene rings is 1. The summed E-state index contributed by atoms with van der Waals surface area (Å²) in [7, 11) is 0. The average Bonchev–Trinajstić information content (AvgIpc) is 2.28. The van der Waals surface area contributed by atoms with Gasteiger partial charge in [-0.15, -0.1) is 0 Å². The molecule has 0 amide bonds. The molecule has 1 unspecified atom stereocenters. The molecule has 4 heteroatoms. The van der Waals surface area contributed by atoms with Crippen molar-refractivity contribution in [3.8, 4) is 11.5 Å². The van der Waals surface area contributed by atoms with Crippen LogP contribution < -0.4 is 9.47 Å². The molecule has 1 N–H and O–H groups in total. The highest BCUT2D eigenvalue weighted by Gasteiger charge is 2.14. The van der Waals surface area contributed by atoms with Crippen LogP contribution in [0.4, 0.5) is 0 Å². The molecule has 0 aliphatic rings. The van der Waals surface area contributed by atoms with E-state index in [0.717, 1.165) is 12.0 Å². The van der Waals surface area contributed by atoms with E-state index in [1.807, 2.05) is 13.8 Å². The van der Waals surface area contributed by atoms with Crippen molar-refractivity contribution in [1.82, 2.24) is 0 Å². The molecule has 96 valence electrons. The number of hydrogen-bond donors (Lipinski definition) is 1. The van der Waals surface area contributed by atoms with E-state index in [4.69, 9.17) is 21.1 Å². The van der Waals surface area contributed by atoms with Gasteiger partial charge >= 0.3 is 0 Å². The Morgan fingerprint density at radius 3 is 2.53 bits per heavy atom. The summed E-state index contributed by atoms with van der Waals surface area (Å²) in [4.78, 5) is 0. The zero-order valence-corrected chi connectivity index (χ0v) is 11.3. The summed E-state index contributed by atoms with van der Waals surface area (Å²) in [6.07, 6.45) is 0.326. The predicted molar refractivity (Wildman–Crippen MR) is 69.0 cm³/mol. The van der Waals surface area contributed by atoms with E-state index in [1.165, 1.54) is 0 Å². The van der Waals surface area contributed by atoms with Crippen LogP contribution in [0.2, 0.25) is 5.02 Å². The molecule has 1 aromatic carbocycles. The highest BCUT2D eigenvalue weighted by Crippen LogP contribution is 2.38. The van der Waals surface area contributed by atoms with E-state index < -0.39 is 6.10 Å². The summed E-state index contributed by atoms with van der Waals surface area (Å²) in [5.74, 6) is 1.14. The monoisotopic (exact) mass is 258 g/mol. The maximum Gasteiger partial charge on any atom is 0.179 e. The second-order valence-corrected chi connectivity index (χ2v) is 4.19. The Labute approximate surface area is 107 Å². The van der Waals surface area contributed by atoms with Gasteiger partial charge in [-0.2, -0.15) is 0 Å². The zero-order chi connectivity index (χ0) is 12.8. The van der Waals surface area contributed by atoms with Crippen LogP contribution in [0.5, 0.6) is 11.5 Å². The Kier molecular flexibility index (Phi) is 5.59. The van der Waals surface area contributed by atoms with Crippen LogP contribution in [0.1, 0.15) is 38.9 Å². The standard InChI is InChI=1S/C13H19ClO3/c1-4-6-17-13-11(14)7-10(9(3)15)8-12(13)16-5-2/h7-9,15H,4-6H2,1-3H3. The molecule has 17 heavy (non-hydrogen) atoms. The fourth-order valence-corrected chi connectivity index (χ4v) is 1.71. The summed E-state index contributed by atoms with van der Waals surface area (Å²) in [6, 6.07) is 3.48. The van der Waals surface area contributed by atoms with Gasteiger partial charge in [-0.1, -0.05) is 18.5 Å². The normalized spacial score (nSPS) is 12.3. The molecule has 0 radical (unpaired) electrons. The van der Waals surface area contributed by atoms with E-state index in [9.17, 15) is 5.11 Å². The van der Waals surface area contributed by atoms with Gasteiger partial charge in [-0.3, -0.25) is 0 Å². The van der Waals surface area contributed by atoms with Crippen LogP contribution in [0, 0.1) is 0 Å². The lowest BCUT2D eigenvalue weighted by atomic mass is 10.1. The van der Waals surface area contributed by atoms with E-state index >= 15 is 0 Å². The molecule has 0 spiro atoms. The fourth-order valence-electron chi connectivity index (χ4n) is 1.44. The first-order valence-corrected chi connectivity index (χ1v) is 6.25. The van der Waals surface area contributed by atoms with Crippen molar-refractivity contribution in [2.45, 2.75) is 33.3 Å². The van der Waals surface area contributed by atoms with Crippen LogP contribution in [0.15, 0.2) is 12.1 Å². The lowest BCUT2D eigenvalue weighted by Gasteiger charge is -2.15. The van der Waals surface area contributed by atoms with E-state index in [0.29, 0.717) is 29.7 Å². The topological polar surface area (TPSA) is 38.7 Å². The Bertz CT molecular complexity index is 364. The van der Waals surface area contributed by atoms with E-state index in [2.05, 4.69) is 0 Å². The number of aliphatic hydroxyl groups is 1. The molecule has 0 saturated heterocycles. The average molecular weight is 259 g/mol. The van der Waals surface area contributed by atoms with Crippen LogP contribution in [0.25, 0.3) is 0 Å². The number of ether oxygens (including phenoxy) is 2. The van der Waals surface area contributed by atoms with Gasteiger partial charge in [0.15, 0.2) is 11.5 Å². The third-order valence-electron chi connectivity index (χ3n) is 2.26. The molecular weight excluding hydrogens is 240 g/mol. The van der Waals surface area contributed by atoms with Crippen LogP contribution in [0.3, 0.4) is 0 Å². The molecule has 0 bridgehead atoms. The molecule has 3 nitrogen and oxygen atoms in total. The predicted octanol–water partition coefficient (Wildman–Crippen LogP) is 3.58. The SMILES string of the molecule is CCCOc1c(Cl)cc(C(C)O)cc1OCC. The van der Waals surface area contributed by atoms with Gasteiger partial charge in [-0.25, -0.2) is 0 Å². The van der Waals surface area contributed by atoms with Gasteiger partial charge in [0.1, 0.15) is 0 Å². The van der Waals surface area contributed by atoms with Crippen LogP contribution in [-0.4, -0.2) is 18.3 Å². The van der Waals surface area contributed by atoms with Crippen molar-refractivity contribution in [2.75, 3.05) is 13.2 Å². The van der Waals surface area contributed by atoms with Crippen molar-refractivity contribution in [3.05, 3.63) is 22.7 Å². The minimum atomic E-state index is -0.577. The number of rotatable bonds is 6. The van der Waals surface area contributed by atoms with Crippen molar-refractivity contribution < 1.29 is 14.6 Å². The Balaban J connectivity index is 3.08. The molecule has 1 rings (SSSR count). The molecule has 1 aromatic rings. The van der Waals surface area contributed by atoms with E-state index in [-0.39, 0.29) is 0 Å². The minimum absolute atomic E-state index is 0.473. The Morgan fingerprint density at radius 2 is 2.00 bits per heavy atom. The van der Waals surface area contributed by atoms with Gasteiger partial charge in [0.25, 0.3) is 0 Å². The molecular formula is C13H19ClO3. The fraction of sp³-hybridized carbons (Fsp3) is 0.538. The lowest BCUT2D eigenvalue weighted by molar-refractivity contribution is 0.198. The van der Waals surface area contributed by atoms with Crippen LogP contribution in [-0.2, 0) is 0 Å². The Morgan fingerprint density at radius 1 is 1.29 bits per heavy atom. The van der Waals surface area contributed by atoms with Gasteiger partial charge in [-0.05, 0) is 38.0 Å². The van der Waals surface area contributed by atoms with E-state index in [1.54, 1.807) is 19.1 Å². The Hall–Kier alpha value is -0.930. The summed E-state index contributed by atoms with van der Waals surface area (Å²) in [6.45, 7) is 6.73. The molecule has 1 atom stereocenters. The quantitative estimate of drug-likeness (QED) is 0.848. The molecule has 0 aliphatic carbocycles. The molecule has 0 fully saturated rings. The van der Waals surface area contributed by atoms with Crippen molar-refractivity contribution in [1.29, 1.82) is 0 Å². The van der Waals surface area contributed by atoms with Crippen molar-refractivity contribution in [2.24, 2.45) is 0 Å². The second kappa shape index (κ2) is 6.72. The first kappa shape index (κ1) is 14.1. The number of hydrogen-bond acceptors (Lipinski definition) is 3. The number of halogens is 1. The summed E-state index contributed by atoms with van der Waals surface area (Å²) in [5, 5.41) is 10.0. The first-order chi connectivity index (χ1) is 8.10. The summed E-state index contributed by atoms with van der Waals surface area (Å²) in [5.41, 5.74) is 0.724. The highest BCUT2D eigenvalue weighted by molar-refractivity contribution is 6.32. The van der Waals surface area contributed by atoms with Crippen molar-refractivity contribution in [3.63, 3.8) is 0 Å². The largest absolute Gasteiger partial charge is 0.490 e. The third kappa shape index (κ3) is 3.79. The van der Waals surface area contributed by atoms with Gasteiger partial charge < -0.3 is 14.6 Å². The maximum absolute atomic E-state index is 9.55.